The normalized spacial score (nSPS) is 10.7. The maximum atomic E-state index is 12.0. The van der Waals surface area contributed by atoms with Crippen LogP contribution in [0.3, 0.4) is 0 Å². The van der Waals surface area contributed by atoms with Gasteiger partial charge in [-0.05, 0) is 43.2 Å². The summed E-state index contributed by atoms with van der Waals surface area (Å²) in [6.07, 6.45) is 1.76. The number of hydrogen-bond acceptors (Lipinski definition) is 4. The van der Waals surface area contributed by atoms with Crippen molar-refractivity contribution in [3.8, 4) is 0 Å². The van der Waals surface area contributed by atoms with E-state index in [0.29, 0.717) is 0 Å². The van der Waals surface area contributed by atoms with Gasteiger partial charge in [0.1, 0.15) is 0 Å². The fourth-order valence-corrected chi connectivity index (χ4v) is 2.49. The first-order chi connectivity index (χ1) is 12.8. The summed E-state index contributed by atoms with van der Waals surface area (Å²) in [6, 6.07) is 13.6. The Kier molecular flexibility index (Phi) is 7.11. The largest absolute Gasteiger partial charge is 0.378 e. The summed E-state index contributed by atoms with van der Waals surface area (Å²) < 4.78 is 0. The molecule has 2 aromatic carbocycles. The van der Waals surface area contributed by atoms with Crippen molar-refractivity contribution in [3.63, 3.8) is 0 Å². The van der Waals surface area contributed by atoms with Crippen LogP contribution in [0.2, 0.25) is 0 Å². The van der Waals surface area contributed by atoms with E-state index in [2.05, 4.69) is 15.8 Å². The highest BCUT2D eigenvalue weighted by Gasteiger charge is 2.08. The Morgan fingerprint density at radius 2 is 1.67 bits per heavy atom. The predicted molar refractivity (Wildman–Crippen MR) is 110 cm³/mol. The molecule has 0 saturated heterocycles. The highest BCUT2D eigenvalue weighted by Crippen LogP contribution is 2.16. The van der Waals surface area contributed by atoms with Gasteiger partial charge >= 0.3 is 0 Å². The molecule has 0 aliphatic carbocycles. The van der Waals surface area contributed by atoms with Crippen LogP contribution in [0.15, 0.2) is 47.6 Å². The molecule has 0 bridgehead atoms. The van der Waals surface area contributed by atoms with Crippen LogP contribution >= 0.6 is 0 Å². The summed E-state index contributed by atoms with van der Waals surface area (Å²) in [5.74, 6) is -0.493. The van der Waals surface area contributed by atoms with Gasteiger partial charge in [-0.3, -0.25) is 9.59 Å². The minimum atomic E-state index is -0.299. The Labute approximate surface area is 160 Å². The van der Waals surface area contributed by atoms with Crippen LogP contribution in [0.5, 0.6) is 0 Å². The zero-order valence-corrected chi connectivity index (χ0v) is 16.2. The number of hydrazone groups is 1. The molecule has 0 fully saturated rings. The third-order valence-corrected chi connectivity index (χ3v) is 4.05. The highest BCUT2D eigenvalue weighted by molar-refractivity contribution is 5.94. The van der Waals surface area contributed by atoms with E-state index >= 15 is 0 Å². The molecule has 0 heterocycles. The third kappa shape index (κ3) is 6.58. The van der Waals surface area contributed by atoms with E-state index in [4.69, 9.17) is 0 Å². The molecule has 2 aromatic rings. The fourth-order valence-electron chi connectivity index (χ4n) is 2.49. The van der Waals surface area contributed by atoms with Gasteiger partial charge in [0.2, 0.25) is 11.8 Å². The highest BCUT2D eigenvalue weighted by atomic mass is 16.2. The molecule has 0 unspecified atom stereocenters. The van der Waals surface area contributed by atoms with E-state index in [-0.39, 0.29) is 24.7 Å². The van der Waals surface area contributed by atoms with Crippen LogP contribution < -0.4 is 15.6 Å². The number of nitrogens with one attached hydrogen (secondary N) is 2. The molecular weight excluding hydrogens is 340 g/mol. The average Bonchev–Trinajstić information content (AvgIpc) is 2.63. The maximum absolute atomic E-state index is 12.0. The SMILES string of the molecule is Cc1ccc(NC(=O)CCC(=O)N/N=C/c2ccc(N(C)C)cc2)c(C)c1. The van der Waals surface area contributed by atoms with Gasteiger partial charge in [0.05, 0.1) is 6.21 Å². The van der Waals surface area contributed by atoms with E-state index in [1.165, 1.54) is 0 Å². The number of rotatable bonds is 7. The smallest absolute Gasteiger partial charge is 0.240 e. The van der Waals surface area contributed by atoms with Gasteiger partial charge in [0.25, 0.3) is 0 Å². The molecule has 2 rings (SSSR count). The van der Waals surface area contributed by atoms with Gasteiger partial charge in [-0.1, -0.05) is 29.8 Å². The zero-order chi connectivity index (χ0) is 19.8. The van der Waals surface area contributed by atoms with Gasteiger partial charge in [-0.15, -0.1) is 0 Å². The standard InChI is InChI=1S/C21H26N4O2/c1-15-5-10-19(16(2)13-15)23-20(26)11-12-21(27)24-22-14-17-6-8-18(9-7-17)25(3)4/h5-10,13-14H,11-12H2,1-4H3,(H,23,26)(H,24,27)/b22-14+. The molecule has 0 aliphatic heterocycles. The summed E-state index contributed by atoms with van der Waals surface area (Å²) in [5.41, 5.74) is 7.32. The maximum Gasteiger partial charge on any atom is 0.240 e. The average molecular weight is 366 g/mol. The molecule has 0 atom stereocenters. The second-order valence-electron chi connectivity index (χ2n) is 6.65. The van der Waals surface area contributed by atoms with Crippen LogP contribution in [0.4, 0.5) is 11.4 Å². The summed E-state index contributed by atoms with van der Waals surface area (Å²) in [7, 11) is 3.94. The molecule has 2 amide bonds. The molecule has 142 valence electrons. The van der Waals surface area contributed by atoms with Crippen LogP contribution in [0.1, 0.15) is 29.5 Å². The molecule has 6 heteroatoms. The monoisotopic (exact) mass is 366 g/mol. The summed E-state index contributed by atoms with van der Waals surface area (Å²) >= 11 is 0. The second-order valence-corrected chi connectivity index (χ2v) is 6.65. The van der Waals surface area contributed by atoms with Crippen LogP contribution in [-0.4, -0.2) is 32.1 Å². The third-order valence-electron chi connectivity index (χ3n) is 4.05. The quantitative estimate of drug-likeness (QED) is 0.584. The Balaban J connectivity index is 1.76. The lowest BCUT2D eigenvalue weighted by atomic mass is 10.1. The Hall–Kier alpha value is -3.15. The number of carbonyl (C=O) groups excluding carboxylic acids is 2. The van der Waals surface area contributed by atoms with Crippen molar-refractivity contribution in [1.82, 2.24) is 5.43 Å². The minimum absolute atomic E-state index is 0.0770. The van der Waals surface area contributed by atoms with E-state index in [9.17, 15) is 9.59 Å². The summed E-state index contributed by atoms with van der Waals surface area (Å²) in [4.78, 5) is 25.8. The first-order valence-electron chi connectivity index (χ1n) is 8.81. The van der Waals surface area contributed by atoms with Crippen molar-refractivity contribution in [2.75, 3.05) is 24.3 Å². The second kappa shape index (κ2) is 9.52. The number of anilines is 2. The first-order valence-corrected chi connectivity index (χ1v) is 8.81. The lowest BCUT2D eigenvalue weighted by molar-refractivity contribution is -0.124. The van der Waals surface area contributed by atoms with Gasteiger partial charge in [-0.25, -0.2) is 5.43 Å². The molecule has 0 aliphatic rings. The van der Waals surface area contributed by atoms with Gasteiger partial charge in [-0.2, -0.15) is 5.10 Å². The van der Waals surface area contributed by atoms with Crippen molar-refractivity contribution in [2.45, 2.75) is 26.7 Å². The zero-order valence-electron chi connectivity index (χ0n) is 16.2. The van der Waals surface area contributed by atoms with E-state index < -0.39 is 0 Å². The fraction of sp³-hybridized carbons (Fsp3) is 0.286. The van der Waals surface area contributed by atoms with Gasteiger partial charge in [0, 0.05) is 38.3 Å². The van der Waals surface area contributed by atoms with Crippen LogP contribution in [0.25, 0.3) is 0 Å². The minimum Gasteiger partial charge on any atom is -0.378 e. The summed E-state index contributed by atoms with van der Waals surface area (Å²) in [6.45, 7) is 3.94. The van der Waals surface area contributed by atoms with Crippen LogP contribution in [0, 0.1) is 13.8 Å². The Morgan fingerprint density at radius 1 is 1.00 bits per heavy atom. The van der Waals surface area contributed by atoms with Crippen molar-refractivity contribution in [3.05, 3.63) is 59.2 Å². The molecule has 0 radical (unpaired) electrons. The molecule has 6 nitrogen and oxygen atoms in total. The lowest BCUT2D eigenvalue weighted by Crippen LogP contribution is -2.20. The lowest BCUT2D eigenvalue weighted by Gasteiger charge is -2.11. The molecule has 0 saturated carbocycles. The number of carbonyl (C=O) groups is 2. The summed E-state index contributed by atoms with van der Waals surface area (Å²) in [5, 5.41) is 6.76. The Bertz CT molecular complexity index is 827. The number of benzene rings is 2. The number of aryl methyl sites for hydroxylation is 2. The van der Waals surface area contributed by atoms with Gasteiger partial charge in [0.15, 0.2) is 0 Å². The molecule has 27 heavy (non-hydrogen) atoms. The van der Waals surface area contributed by atoms with Crippen LogP contribution in [-0.2, 0) is 9.59 Å². The number of hydrogen-bond donors (Lipinski definition) is 2. The van der Waals surface area contributed by atoms with E-state index in [0.717, 1.165) is 28.1 Å². The first kappa shape index (κ1) is 20.2. The topological polar surface area (TPSA) is 73.8 Å². The van der Waals surface area contributed by atoms with Crippen molar-refractivity contribution in [2.24, 2.45) is 5.10 Å². The Morgan fingerprint density at radius 3 is 2.30 bits per heavy atom. The molecule has 0 spiro atoms. The van der Waals surface area contributed by atoms with E-state index in [1.807, 2.05) is 75.3 Å². The van der Waals surface area contributed by atoms with Gasteiger partial charge < -0.3 is 10.2 Å². The van der Waals surface area contributed by atoms with E-state index in [1.54, 1.807) is 6.21 Å². The van der Waals surface area contributed by atoms with Crippen molar-refractivity contribution in [1.29, 1.82) is 0 Å². The van der Waals surface area contributed by atoms with Crippen molar-refractivity contribution < 1.29 is 9.59 Å². The number of nitrogens with zero attached hydrogens (tertiary/aromatic N) is 2. The van der Waals surface area contributed by atoms with Crippen molar-refractivity contribution >= 4 is 29.4 Å². The number of amides is 2. The molecule has 2 N–H and O–H groups in total. The predicted octanol–water partition coefficient (Wildman–Crippen LogP) is 3.24. The molecule has 0 aromatic heterocycles. The molecular formula is C21H26N4O2.